The van der Waals surface area contributed by atoms with Crippen molar-refractivity contribution in [3.05, 3.63) is 28.8 Å². The second kappa shape index (κ2) is 6.30. The van der Waals surface area contributed by atoms with E-state index in [2.05, 4.69) is 4.72 Å². The summed E-state index contributed by atoms with van der Waals surface area (Å²) in [5.74, 6) is 0. The molecule has 6 nitrogen and oxygen atoms in total. The van der Waals surface area contributed by atoms with Gasteiger partial charge in [0.25, 0.3) is 0 Å². The van der Waals surface area contributed by atoms with Gasteiger partial charge in [0.2, 0.25) is 10.0 Å². The molecule has 0 radical (unpaired) electrons. The lowest BCUT2D eigenvalue weighted by molar-refractivity contribution is -0.0120. The van der Waals surface area contributed by atoms with Crippen LogP contribution in [0.2, 0.25) is 5.02 Å². The number of rotatable bonds is 5. The monoisotopic (exact) mass is 330 g/mol. The van der Waals surface area contributed by atoms with E-state index in [1.54, 1.807) is 0 Å². The Morgan fingerprint density at radius 3 is 2.90 bits per heavy atom. The Hall–Kier alpha value is -1.17. The normalized spacial score (nSPS) is 22.1. The topological polar surface area (TPSA) is 88.4 Å². The second-order valence-corrected chi connectivity index (χ2v) is 6.91. The zero-order valence-corrected chi connectivity index (χ0v) is 13.0. The number of nitriles is 1. The van der Waals surface area contributed by atoms with Gasteiger partial charge >= 0.3 is 0 Å². The summed E-state index contributed by atoms with van der Waals surface area (Å²) in [5, 5.41) is 8.92. The van der Waals surface area contributed by atoms with E-state index >= 15 is 0 Å². The van der Waals surface area contributed by atoms with Crippen molar-refractivity contribution in [3.63, 3.8) is 0 Å². The van der Waals surface area contributed by atoms with Gasteiger partial charge < -0.3 is 9.47 Å². The van der Waals surface area contributed by atoms with Crippen molar-refractivity contribution in [3.8, 4) is 6.07 Å². The first-order valence-corrected chi connectivity index (χ1v) is 8.11. The summed E-state index contributed by atoms with van der Waals surface area (Å²) in [7, 11) is -2.31. The fourth-order valence-electron chi connectivity index (χ4n) is 2.04. The molecule has 1 unspecified atom stereocenters. The van der Waals surface area contributed by atoms with Crippen LogP contribution in [0, 0.1) is 11.3 Å². The maximum Gasteiger partial charge on any atom is 0.242 e. The number of ether oxygens (including phenoxy) is 2. The molecule has 1 aromatic rings. The van der Waals surface area contributed by atoms with Gasteiger partial charge in [-0.1, -0.05) is 11.6 Å². The highest BCUT2D eigenvalue weighted by molar-refractivity contribution is 7.89. The minimum atomic E-state index is -3.83. The highest BCUT2D eigenvalue weighted by Crippen LogP contribution is 2.25. The molecule has 1 aliphatic rings. The number of nitrogens with zero attached hydrogens (tertiary/aromatic N) is 1. The first-order chi connectivity index (χ1) is 9.92. The third-order valence-corrected chi connectivity index (χ3v) is 5.32. The summed E-state index contributed by atoms with van der Waals surface area (Å²) in [4.78, 5) is -0.117. The molecule has 1 heterocycles. The van der Waals surface area contributed by atoms with Gasteiger partial charge in [0, 0.05) is 26.7 Å². The molecule has 0 amide bonds. The van der Waals surface area contributed by atoms with Gasteiger partial charge in [0.1, 0.15) is 10.5 Å². The first kappa shape index (κ1) is 16.2. The summed E-state index contributed by atoms with van der Waals surface area (Å²) < 4.78 is 37.8. The fourth-order valence-corrected chi connectivity index (χ4v) is 3.68. The molecule has 1 saturated heterocycles. The molecule has 1 aromatic carbocycles. The van der Waals surface area contributed by atoms with Gasteiger partial charge in [0.05, 0.1) is 23.3 Å². The zero-order chi connectivity index (χ0) is 15.5. The molecule has 1 fully saturated rings. The Balaban J connectivity index is 2.21. The van der Waals surface area contributed by atoms with Crippen molar-refractivity contribution in [2.45, 2.75) is 16.9 Å². The van der Waals surface area contributed by atoms with Gasteiger partial charge in [0.15, 0.2) is 0 Å². The Morgan fingerprint density at radius 1 is 1.57 bits per heavy atom. The average molecular weight is 331 g/mol. The molecule has 1 atom stereocenters. The smallest absolute Gasteiger partial charge is 0.242 e. The number of hydrogen-bond acceptors (Lipinski definition) is 5. The highest BCUT2D eigenvalue weighted by atomic mass is 35.5. The van der Waals surface area contributed by atoms with E-state index in [0.29, 0.717) is 19.6 Å². The number of sulfonamides is 1. The molecule has 114 valence electrons. The number of nitrogens with one attached hydrogen (secondary N) is 1. The summed E-state index contributed by atoms with van der Waals surface area (Å²) in [5.41, 5.74) is -0.433. The predicted octanol–water partition coefficient (Wildman–Crippen LogP) is 1.30. The summed E-state index contributed by atoms with van der Waals surface area (Å²) in [6.45, 7) is 0.942. The largest absolute Gasteiger partial charge is 0.378 e. The van der Waals surface area contributed by atoms with Gasteiger partial charge in [-0.2, -0.15) is 5.26 Å². The fraction of sp³-hybridized carbons (Fsp3) is 0.462. The van der Waals surface area contributed by atoms with Crippen LogP contribution in [0.1, 0.15) is 12.0 Å². The zero-order valence-electron chi connectivity index (χ0n) is 11.4. The molecule has 0 aromatic heterocycles. The Morgan fingerprint density at radius 2 is 2.33 bits per heavy atom. The maximum atomic E-state index is 12.3. The highest BCUT2D eigenvalue weighted by Gasteiger charge is 2.36. The van der Waals surface area contributed by atoms with E-state index in [0.717, 1.165) is 0 Å². The Bertz CT molecular complexity index is 663. The molecule has 1 N–H and O–H groups in total. The third-order valence-electron chi connectivity index (χ3n) is 3.43. The van der Waals surface area contributed by atoms with Crippen LogP contribution in [-0.4, -0.2) is 40.9 Å². The third kappa shape index (κ3) is 3.54. The lowest BCUT2D eigenvalue weighted by atomic mass is 10.0. The quantitative estimate of drug-likeness (QED) is 0.879. The number of halogens is 1. The van der Waals surface area contributed by atoms with E-state index in [-0.39, 0.29) is 22.0 Å². The molecule has 0 saturated carbocycles. The lowest BCUT2D eigenvalue weighted by Crippen LogP contribution is -2.45. The van der Waals surface area contributed by atoms with E-state index < -0.39 is 15.6 Å². The molecule has 0 aliphatic carbocycles. The van der Waals surface area contributed by atoms with Crippen molar-refractivity contribution in [2.24, 2.45) is 0 Å². The van der Waals surface area contributed by atoms with Crippen LogP contribution in [-0.2, 0) is 19.5 Å². The summed E-state index contributed by atoms with van der Waals surface area (Å²) in [6.07, 6.45) is 0.609. The van der Waals surface area contributed by atoms with Crippen molar-refractivity contribution < 1.29 is 17.9 Å². The van der Waals surface area contributed by atoms with E-state index in [1.807, 2.05) is 6.07 Å². The number of hydrogen-bond donors (Lipinski definition) is 1. The minimum Gasteiger partial charge on any atom is -0.378 e. The van der Waals surface area contributed by atoms with E-state index in [4.69, 9.17) is 26.3 Å². The van der Waals surface area contributed by atoms with Gasteiger partial charge in [-0.05, 0) is 18.2 Å². The molecular formula is C13H15ClN2O4S. The van der Waals surface area contributed by atoms with Crippen molar-refractivity contribution in [1.29, 1.82) is 5.26 Å². The maximum absolute atomic E-state index is 12.3. The minimum absolute atomic E-state index is 0.0654. The van der Waals surface area contributed by atoms with Crippen LogP contribution in [0.25, 0.3) is 0 Å². The summed E-state index contributed by atoms with van der Waals surface area (Å²) >= 11 is 5.92. The van der Waals surface area contributed by atoms with Crippen LogP contribution in [0.5, 0.6) is 0 Å². The predicted molar refractivity (Wildman–Crippen MR) is 76.5 cm³/mol. The average Bonchev–Trinajstić information content (AvgIpc) is 2.95. The van der Waals surface area contributed by atoms with Gasteiger partial charge in [-0.25, -0.2) is 13.1 Å². The second-order valence-electron chi connectivity index (χ2n) is 4.77. The molecule has 21 heavy (non-hydrogen) atoms. The molecule has 8 heteroatoms. The number of methoxy groups -OCH3 is 1. The van der Waals surface area contributed by atoms with Gasteiger partial charge in [-0.3, -0.25) is 0 Å². The number of benzene rings is 1. The summed E-state index contributed by atoms with van der Waals surface area (Å²) in [6, 6.07) is 5.98. The lowest BCUT2D eigenvalue weighted by Gasteiger charge is -2.25. The van der Waals surface area contributed by atoms with Crippen LogP contribution in [0.4, 0.5) is 0 Å². The SMILES string of the molecule is COC1(CNS(=O)(=O)c2cc(C#N)ccc2Cl)CCOC1. The molecule has 1 aliphatic heterocycles. The Kier molecular flexibility index (Phi) is 4.86. The van der Waals surface area contributed by atoms with E-state index in [1.165, 1.54) is 25.3 Å². The van der Waals surface area contributed by atoms with Gasteiger partial charge in [-0.15, -0.1) is 0 Å². The van der Waals surface area contributed by atoms with Crippen LogP contribution >= 0.6 is 11.6 Å². The van der Waals surface area contributed by atoms with Crippen LogP contribution in [0.15, 0.2) is 23.1 Å². The first-order valence-electron chi connectivity index (χ1n) is 6.25. The molecule has 0 spiro atoms. The van der Waals surface area contributed by atoms with Crippen molar-refractivity contribution >= 4 is 21.6 Å². The Labute approximate surface area is 128 Å². The standard InChI is InChI=1S/C13H15ClN2O4S/c1-19-13(4-5-20-9-13)8-16-21(17,18)12-6-10(7-15)2-3-11(12)14/h2-3,6,16H,4-5,8-9H2,1H3. The molecule has 2 rings (SSSR count). The molecule has 0 bridgehead atoms. The van der Waals surface area contributed by atoms with Crippen LogP contribution in [0.3, 0.4) is 0 Å². The molecular weight excluding hydrogens is 316 g/mol. The van der Waals surface area contributed by atoms with Crippen molar-refractivity contribution in [1.82, 2.24) is 4.72 Å². The van der Waals surface area contributed by atoms with Crippen molar-refractivity contribution in [2.75, 3.05) is 26.9 Å². The van der Waals surface area contributed by atoms with E-state index in [9.17, 15) is 8.42 Å². The van der Waals surface area contributed by atoms with Crippen LogP contribution < -0.4 is 4.72 Å².